The van der Waals surface area contributed by atoms with Gasteiger partial charge in [-0.05, 0) is 12.8 Å². The Balaban J connectivity index is 3.32. The number of hydrogen-bond donors (Lipinski definition) is 1. The highest BCUT2D eigenvalue weighted by Gasteiger charge is 2.13. The molecule has 1 atom stereocenters. The van der Waals surface area contributed by atoms with E-state index in [0.717, 1.165) is 19.3 Å². The number of ether oxygens (including phenoxy) is 2. The van der Waals surface area contributed by atoms with E-state index in [9.17, 15) is 9.90 Å². The van der Waals surface area contributed by atoms with E-state index in [-0.39, 0.29) is 12.6 Å². The summed E-state index contributed by atoms with van der Waals surface area (Å²) < 4.78 is 11.2. The summed E-state index contributed by atoms with van der Waals surface area (Å²) in [4.78, 5) is 12.3. The van der Waals surface area contributed by atoms with Crippen molar-refractivity contribution in [1.29, 1.82) is 0 Å². The summed E-state index contributed by atoms with van der Waals surface area (Å²) in [6, 6.07) is 0. The molecule has 0 aliphatic heterocycles. The molecule has 0 rings (SSSR count). The fourth-order valence-electron chi connectivity index (χ4n) is 7.92. The maximum absolute atomic E-state index is 12.3. The summed E-state index contributed by atoms with van der Waals surface area (Å²) in [7, 11) is 0. The molecule has 0 aromatic rings. The molecule has 0 aliphatic rings. The lowest BCUT2D eigenvalue weighted by atomic mass is 10.0. The highest BCUT2D eigenvalue weighted by molar-refractivity contribution is 5.69. The Morgan fingerprint density at radius 3 is 0.870 bits per heavy atom. The highest BCUT2D eigenvalue weighted by Crippen LogP contribution is 2.17. The normalized spacial score (nSPS) is 12.1. The van der Waals surface area contributed by atoms with Gasteiger partial charge >= 0.3 is 5.97 Å². The van der Waals surface area contributed by atoms with Crippen molar-refractivity contribution in [1.82, 2.24) is 0 Å². The van der Waals surface area contributed by atoms with Crippen molar-refractivity contribution in [3.05, 3.63) is 0 Å². The van der Waals surface area contributed by atoms with E-state index in [1.54, 1.807) is 0 Å². The van der Waals surface area contributed by atoms with Gasteiger partial charge in [-0.1, -0.05) is 271 Å². The zero-order chi connectivity index (χ0) is 39.1. The van der Waals surface area contributed by atoms with Crippen molar-refractivity contribution in [2.45, 2.75) is 296 Å². The number of carbonyl (C=O) groups is 1. The van der Waals surface area contributed by atoms with Crippen LogP contribution in [-0.2, 0) is 14.3 Å². The van der Waals surface area contributed by atoms with Gasteiger partial charge < -0.3 is 14.6 Å². The standard InChI is InChI=1S/C50H100O4/c1-3-5-7-9-11-13-15-17-19-21-23-25-26-28-30-32-34-36-38-40-42-44-46-53-48-49(47-51)54-50(52)45-43-41-39-37-35-33-31-29-27-24-22-20-18-16-14-12-10-8-6-4-2/h49,51H,3-48H2,1-2H3. The Morgan fingerprint density at radius 2 is 0.611 bits per heavy atom. The summed E-state index contributed by atoms with van der Waals surface area (Å²) in [5, 5.41) is 9.64. The topological polar surface area (TPSA) is 55.8 Å². The van der Waals surface area contributed by atoms with Crippen LogP contribution in [0.1, 0.15) is 290 Å². The number of rotatable bonds is 48. The maximum atomic E-state index is 12.3. The second kappa shape index (κ2) is 48.5. The van der Waals surface area contributed by atoms with Crippen molar-refractivity contribution < 1.29 is 19.4 Å². The van der Waals surface area contributed by atoms with Gasteiger partial charge in [0.05, 0.1) is 13.2 Å². The van der Waals surface area contributed by atoms with Gasteiger partial charge in [-0.15, -0.1) is 0 Å². The van der Waals surface area contributed by atoms with E-state index in [4.69, 9.17) is 9.47 Å². The van der Waals surface area contributed by atoms with Crippen LogP contribution in [-0.4, -0.2) is 37.0 Å². The number of carbonyl (C=O) groups excluding carboxylic acids is 1. The van der Waals surface area contributed by atoms with E-state index < -0.39 is 6.10 Å². The third-order valence-electron chi connectivity index (χ3n) is 11.7. The van der Waals surface area contributed by atoms with Gasteiger partial charge in [0.15, 0.2) is 0 Å². The fraction of sp³-hybridized carbons (Fsp3) is 0.980. The third-order valence-corrected chi connectivity index (χ3v) is 11.7. The summed E-state index contributed by atoms with van der Waals surface area (Å²) in [5.74, 6) is -0.190. The van der Waals surface area contributed by atoms with Crippen LogP contribution < -0.4 is 0 Å². The molecule has 4 heteroatoms. The molecule has 0 saturated heterocycles. The van der Waals surface area contributed by atoms with Crippen LogP contribution >= 0.6 is 0 Å². The smallest absolute Gasteiger partial charge is 0.306 e. The Hall–Kier alpha value is -0.610. The van der Waals surface area contributed by atoms with Gasteiger partial charge in [0.1, 0.15) is 6.10 Å². The molecular formula is C50H100O4. The molecule has 4 nitrogen and oxygen atoms in total. The van der Waals surface area contributed by atoms with Gasteiger partial charge in [-0.2, -0.15) is 0 Å². The molecule has 0 bridgehead atoms. The number of esters is 1. The van der Waals surface area contributed by atoms with Crippen molar-refractivity contribution in [2.75, 3.05) is 19.8 Å². The SMILES string of the molecule is CCCCCCCCCCCCCCCCCCCCCCCCOCC(CO)OC(=O)CCCCCCCCCCCCCCCCCCCCCC. The van der Waals surface area contributed by atoms with Gasteiger partial charge in [0.25, 0.3) is 0 Å². The van der Waals surface area contributed by atoms with Gasteiger partial charge in [-0.3, -0.25) is 4.79 Å². The average molecular weight is 765 g/mol. The quantitative estimate of drug-likeness (QED) is 0.0495. The molecule has 1 unspecified atom stereocenters. The van der Waals surface area contributed by atoms with Crippen molar-refractivity contribution in [3.8, 4) is 0 Å². The minimum absolute atomic E-state index is 0.162. The molecule has 0 spiro atoms. The first-order chi connectivity index (χ1) is 26.7. The van der Waals surface area contributed by atoms with Gasteiger partial charge in [-0.25, -0.2) is 0 Å². The molecule has 1 N–H and O–H groups in total. The van der Waals surface area contributed by atoms with Crippen LogP contribution in [0.2, 0.25) is 0 Å². The van der Waals surface area contributed by atoms with Gasteiger partial charge in [0.2, 0.25) is 0 Å². The summed E-state index contributed by atoms with van der Waals surface area (Å²) in [6.07, 6.45) is 57.7. The minimum atomic E-state index is -0.526. The molecule has 324 valence electrons. The Bertz CT molecular complexity index is 682. The molecule has 0 fully saturated rings. The number of aliphatic hydroxyl groups is 1. The van der Waals surface area contributed by atoms with Crippen LogP contribution in [0.5, 0.6) is 0 Å². The van der Waals surface area contributed by atoms with E-state index in [1.807, 2.05) is 0 Å². The van der Waals surface area contributed by atoms with Crippen LogP contribution in [0, 0.1) is 0 Å². The Morgan fingerprint density at radius 1 is 0.370 bits per heavy atom. The number of unbranched alkanes of at least 4 members (excludes halogenated alkanes) is 40. The Labute approximate surface area is 340 Å². The minimum Gasteiger partial charge on any atom is -0.457 e. The highest BCUT2D eigenvalue weighted by atomic mass is 16.6. The van der Waals surface area contributed by atoms with E-state index in [1.165, 1.54) is 250 Å². The monoisotopic (exact) mass is 765 g/mol. The fourth-order valence-corrected chi connectivity index (χ4v) is 7.92. The molecule has 0 aliphatic carbocycles. The molecule has 0 radical (unpaired) electrons. The van der Waals surface area contributed by atoms with Crippen LogP contribution in [0.4, 0.5) is 0 Å². The van der Waals surface area contributed by atoms with Crippen LogP contribution in [0.15, 0.2) is 0 Å². The molecule has 54 heavy (non-hydrogen) atoms. The zero-order valence-corrected chi connectivity index (χ0v) is 37.3. The van der Waals surface area contributed by atoms with Crippen LogP contribution in [0.3, 0.4) is 0 Å². The first kappa shape index (κ1) is 53.4. The van der Waals surface area contributed by atoms with Crippen LogP contribution in [0.25, 0.3) is 0 Å². The number of hydrogen-bond acceptors (Lipinski definition) is 4. The maximum Gasteiger partial charge on any atom is 0.306 e. The van der Waals surface area contributed by atoms with Crippen molar-refractivity contribution >= 4 is 5.97 Å². The van der Waals surface area contributed by atoms with Crippen molar-refractivity contribution in [2.24, 2.45) is 0 Å². The lowest BCUT2D eigenvalue weighted by Gasteiger charge is -2.16. The molecule has 0 aromatic carbocycles. The molecule has 0 amide bonds. The Kier molecular flexibility index (Phi) is 48.0. The predicted octanol–water partition coefficient (Wildman–Crippen LogP) is 16.7. The molecule has 0 heterocycles. The largest absolute Gasteiger partial charge is 0.457 e. The van der Waals surface area contributed by atoms with Gasteiger partial charge in [0, 0.05) is 13.0 Å². The van der Waals surface area contributed by atoms with E-state index in [0.29, 0.717) is 19.6 Å². The van der Waals surface area contributed by atoms with Crippen molar-refractivity contribution in [3.63, 3.8) is 0 Å². The summed E-state index contributed by atoms with van der Waals surface area (Å²) in [6.45, 7) is 5.42. The molecular weight excluding hydrogens is 665 g/mol. The zero-order valence-electron chi connectivity index (χ0n) is 37.3. The molecule has 0 saturated carbocycles. The van der Waals surface area contributed by atoms with E-state index >= 15 is 0 Å². The summed E-state index contributed by atoms with van der Waals surface area (Å²) >= 11 is 0. The summed E-state index contributed by atoms with van der Waals surface area (Å²) in [5.41, 5.74) is 0. The third kappa shape index (κ3) is 45.8. The lowest BCUT2D eigenvalue weighted by Crippen LogP contribution is -2.27. The second-order valence-electron chi connectivity index (χ2n) is 17.3. The lowest BCUT2D eigenvalue weighted by molar-refractivity contribution is -0.154. The van der Waals surface area contributed by atoms with E-state index in [2.05, 4.69) is 13.8 Å². The second-order valence-corrected chi connectivity index (χ2v) is 17.3. The average Bonchev–Trinajstić information content (AvgIpc) is 3.18. The first-order valence-electron chi connectivity index (χ1n) is 25.1. The predicted molar refractivity (Wildman–Crippen MR) is 238 cm³/mol. The number of aliphatic hydroxyl groups excluding tert-OH is 1. The first-order valence-corrected chi connectivity index (χ1v) is 25.1. The molecule has 0 aromatic heterocycles.